The van der Waals surface area contributed by atoms with E-state index in [1.165, 1.54) is 0 Å². The van der Waals surface area contributed by atoms with Gasteiger partial charge >= 0.3 is 0 Å². The zero-order valence-corrected chi connectivity index (χ0v) is 11.1. The van der Waals surface area contributed by atoms with E-state index in [0.29, 0.717) is 21.9 Å². The lowest BCUT2D eigenvalue weighted by molar-refractivity contribution is 0.659. The van der Waals surface area contributed by atoms with Crippen LogP contribution in [0.15, 0.2) is 69.2 Å². The van der Waals surface area contributed by atoms with Crippen molar-refractivity contribution in [1.29, 1.82) is 0 Å². The van der Waals surface area contributed by atoms with E-state index in [4.69, 9.17) is 4.42 Å². The van der Waals surface area contributed by atoms with Gasteiger partial charge in [0.1, 0.15) is 11.2 Å². The van der Waals surface area contributed by atoms with Crippen LogP contribution in [0.25, 0.3) is 21.9 Å². The Balaban J connectivity index is 2.38. The summed E-state index contributed by atoms with van der Waals surface area (Å²) in [5.74, 6) is 0.769. The molecule has 0 aliphatic rings. The molecule has 0 aliphatic heterocycles. The minimum Gasteiger partial charge on any atom is -0.456 e. The highest BCUT2D eigenvalue weighted by Crippen LogP contribution is 2.27. The molecule has 3 rings (SSSR count). The first-order valence-corrected chi connectivity index (χ1v) is 6.98. The summed E-state index contributed by atoms with van der Waals surface area (Å²) in [6.45, 7) is 3.71. The van der Waals surface area contributed by atoms with Gasteiger partial charge in [-0.2, -0.15) is 0 Å². The number of hydrogen-bond donors (Lipinski definition) is 0. The Morgan fingerprint density at radius 2 is 1.89 bits per heavy atom. The number of fused-ring (bicyclic) bond motifs is 2. The second kappa shape index (κ2) is 4.94. The van der Waals surface area contributed by atoms with Gasteiger partial charge < -0.3 is 4.42 Å². The number of hydrogen-bond acceptors (Lipinski definition) is 3. The quantitative estimate of drug-likeness (QED) is 0.404. The van der Waals surface area contributed by atoms with Crippen molar-refractivity contribution >= 4 is 33.7 Å². The highest BCUT2D eigenvalue weighted by atomic mass is 32.2. The molecule has 0 fully saturated rings. The molecule has 0 saturated carbocycles. The summed E-state index contributed by atoms with van der Waals surface area (Å²) in [7, 11) is 0. The normalized spacial score (nSPS) is 10.9. The average molecular weight is 268 g/mol. The van der Waals surface area contributed by atoms with Gasteiger partial charge in [0.05, 0.1) is 10.8 Å². The molecule has 2 aromatic carbocycles. The molecule has 0 unspecified atom stereocenters. The molecule has 3 aromatic rings. The molecule has 0 saturated heterocycles. The van der Waals surface area contributed by atoms with Crippen LogP contribution < -0.4 is 5.43 Å². The minimum absolute atomic E-state index is 0.0315. The van der Waals surface area contributed by atoms with Crippen LogP contribution in [-0.2, 0) is 0 Å². The lowest BCUT2D eigenvalue weighted by atomic mass is 10.1. The number of para-hydroxylation sites is 1. The van der Waals surface area contributed by atoms with E-state index < -0.39 is 0 Å². The predicted octanol–water partition coefficient (Wildman–Crippen LogP) is 4.22. The topological polar surface area (TPSA) is 30.2 Å². The SMILES string of the molecule is C=CCSc1cccc2oc3ccccc3c(=O)c12. The van der Waals surface area contributed by atoms with E-state index in [1.54, 1.807) is 17.8 Å². The number of rotatable bonds is 3. The fraction of sp³-hybridized carbons (Fsp3) is 0.0625. The van der Waals surface area contributed by atoms with E-state index in [-0.39, 0.29) is 5.43 Å². The van der Waals surface area contributed by atoms with Crippen molar-refractivity contribution in [3.05, 3.63) is 65.3 Å². The van der Waals surface area contributed by atoms with E-state index in [1.807, 2.05) is 42.5 Å². The Labute approximate surface area is 114 Å². The smallest absolute Gasteiger partial charge is 0.201 e. The maximum Gasteiger partial charge on any atom is 0.201 e. The van der Waals surface area contributed by atoms with Crippen LogP contribution in [0.5, 0.6) is 0 Å². The second-order valence-electron chi connectivity index (χ2n) is 4.16. The first-order valence-electron chi connectivity index (χ1n) is 5.99. The first-order chi connectivity index (χ1) is 9.31. The molecule has 0 N–H and O–H groups in total. The third kappa shape index (κ3) is 2.06. The van der Waals surface area contributed by atoms with Gasteiger partial charge in [0.15, 0.2) is 0 Å². The van der Waals surface area contributed by atoms with Gasteiger partial charge in [0.25, 0.3) is 0 Å². The lowest BCUT2D eigenvalue weighted by Crippen LogP contribution is -2.03. The van der Waals surface area contributed by atoms with Gasteiger partial charge in [0.2, 0.25) is 5.43 Å². The zero-order chi connectivity index (χ0) is 13.2. The Hall–Kier alpha value is -2.00. The highest BCUT2D eigenvalue weighted by Gasteiger charge is 2.10. The Morgan fingerprint density at radius 1 is 1.11 bits per heavy atom. The van der Waals surface area contributed by atoms with Crippen LogP contribution in [0.2, 0.25) is 0 Å². The Bertz CT molecular complexity index is 818. The number of thioether (sulfide) groups is 1. The summed E-state index contributed by atoms with van der Waals surface area (Å²) >= 11 is 1.59. The van der Waals surface area contributed by atoms with E-state index >= 15 is 0 Å². The largest absolute Gasteiger partial charge is 0.456 e. The van der Waals surface area contributed by atoms with Crippen LogP contribution in [0.4, 0.5) is 0 Å². The molecule has 1 aromatic heterocycles. The van der Waals surface area contributed by atoms with Gasteiger partial charge in [-0.15, -0.1) is 18.3 Å². The lowest BCUT2D eigenvalue weighted by Gasteiger charge is -2.05. The standard InChI is InChI=1S/C16H12O2S/c1-2-10-19-14-9-5-8-13-15(14)16(17)11-6-3-4-7-12(11)18-13/h2-9H,1,10H2. The van der Waals surface area contributed by atoms with Gasteiger partial charge in [-0.05, 0) is 24.3 Å². The summed E-state index contributed by atoms with van der Waals surface area (Å²) in [5.41, 5.74) is 1.30. The predicted molar refractivity (Wildman–Crippen MR) is 80.9 cm³/mol. The Morgan fingerprint density at radius 3 is 2.74 bits per heavy atom. The van der Waals surface area contributed by atoms with Crippen molar-refractivity contribution in [1.82, 2.24) is 0 Å². The summed E-state index contributed by atoms with van der Waals surface area (Å²) < 4.78 is 5.81. The van der Waals surface area contributed by atoms with E-state index in [9.17, 15) is 4.79 Å². The maximum absolute atomic E-state index is 12.6. The van der Waals surface area contributed by atoms with Crippen LogP contribution >= 0.6 is 11.8 Å². The first kappa shape index (κ1) is 12.1. The molecule has 0 aliphatic carbocycles. The average Bonchev–Trinajstić information content (AvgIpc) is 2.45. The summed E-state index contributed by atoms with van der Waals surface area (Å²) in [5, 5.41) is 1.29. The van der Waals surface area contributed by atoms with Gasteiger partial charge in [-0.1, -0.05) is 24.3 Å². The number of benzene rings is 2. The molecule has 0 atom stereocenters. The highest BCUT2D eigenvalue weighted by molar-refractivity contribution is 7.99. The van der Waals surface area contributed by atoms with E-state index in [2.05, 4.69) is 6.58 Å². The van der Waals surface area contributed by atoms with Crippen LogP contribution in [0, 0.1) is 0 Å². The monoisotopic (exact) mass is 268 g/mol. The van der Waals surface area contributed by atoms with Gasteiger partial charge in [0, 0.05) is 10.6 Å². The molecule has 0 spiro atoms. The van der Waals surface area contributed by atoms with Gasteiger partial charge in [-0.3, -0.25) is 4.79 Å². The maximum atomic E-state index is 12.6. The zero-order valence-electron chi connectivity index (χ0n) is 10.3. The molecule has 0 amide bonds. The third-order valence-corrected chi connectivity index (χ3v) is 3.98. The second-order valence-corrected chi connectivity index (χ2v) is 5.22. The molecular formula is C16H12O2S. The van der Waals surface area contributed by atoms with Gasteiger partial charge in [-0.25, -0.2) is 0 Å². The van der Waals surface area contributed by atoms with Crippen molar-refractivity contribution in [2.75, 3.05) is 5.75 Å². The fourth-order valence-electron chi connectivity index (χ4n) is 2.09. The molecule has 19 heavy (non-hydrogen) atoms. The summed E-state index contributed by atoms with van der Waals surface area (Å²) in [6, 6.07) is 13.0. The third-order valence-electron chi connectivity index (χ3n) is 2.92. The van der Waals surface area contributed by atoms with Crippen molar-refractivity contribution in [2.24, 2.45) is 0 Å². The van der Waals surface area contributed by atoms with Crippen LogP contribution in [0.1, 0.15) is 0 Å². The molecular weight excluding hydrogens is 256 g/mol. The molecule has 1 heterocycles. The van der Waals surface area contributed by atoms with Crippen molar-refractivity contribution in [2.45, 2.75) is 4.90 Å². The van der Waals surface area contributed by atoms with E-state index in [0.717, 1.165) is 10.6 Å². The Kier molecular flexibility index (Phi) is 3.13. The van der Waals surface area contributed by atoms with Crippen molar-refractivity contribution < 1.29 is 4.42 Å². The van der Waals surface area contributed by atoms with Crippen LogP contribution in [0.3, 0.4) is 0 Å². The van der Waals surface area contributed by atoms with Crippen LogP contribution in [-0.4, -0.2) is 5.75 Å². The fourth-order valence-corrected chi connectivity index (χ4v) is 2.90. The van der Waals surface area contributed by atoms with Crippen molar-refractivity contribution in [3.63, 3.8) is 0 Å². The molecule has 94 valence electrons. The molecule has 0 radical (unpaired) electrons. The molecule has 0 bridgehead atoms. The molecule has 3 heteroatoms. The molecule has 2 nitrogen and oxygen atoms in total. The van der Waals surface area contributed by atoms with Crippen molar-refractivity contribution in [3.8, 4) is 0 Å². The summed E-state index contributed by atoms with van der Waals surface area (Å²) in [6.07, 6.45) is 1.83. The minimum atomic E-state index is 0.0315. The summed E-state index contributed by atoms with van der Waals surface area (Å²) in [4.78, 5) is 13.5.